The number of aliphatic hydroxyl groups is 1. The van der Waals surface area contributed by atoms with Crippen LogP contribution >= 0.6 is 0 Å². The zero-order valence-corrected chi connectivity index (χ0v) is 11.7. The Morgan fingerprint density at radius 2 is 2.00 bits per heavy atom. The van der Waals surface area contributed by atoms with Crippen LogP contribution in [0.3, 0.4) is 0 Å². The van der Waals surface area contributed by atoms with Gasteiger partial charge in [0.05, 0.1) is 7.11 Å². The van der Waals surface area contributed by atoms with Gasteiger partial charge >= 0.3 is 0 Å². The van der Waals surface area contributed by atoms with Crippen LogP contribution in [-0.4, -0.2) is 31.3 Å². The van der Waals surface area contributed by atoms with E-state index in [9.17, 15) is 4.79 Å². The van der Waals surface area contributed by atoms with Gasteiger partial charge in [-0.15, -0.1) is 0 Å². The monoisotopic (exact) mass is 263 g/mol. The predicted molar refractivity (Wildman–Crippen MR) is 76.2 cm³/mol. The molecule has 1 rings (SSSR count). The van der Waals surface area contributed by atoms with E-state index in [2.05, 4.69) is 5.32 Å². The van der Waals surface area contributed by atoms with E-state index in [0.717, 1.165) is 22.4 Å². The highest BCUT2D eigenvalue weighted by atomic mass is 16.5. The van der Waals surface area contributed by atoms with Crippen molar-refractivity contribution in [3.63, 3.8) is 0 Å². The van der Waals surface area contributed by atoms with Crippen LogP contribution < -0.4 is 10.1 Å². The second kappa shape index (κ2) is 7.59. The van der Waals surface area contributed by atoms with Crippen LogP contribution in [0, 0.1) is 13.8 Å². The highest BCUT2D eigenvalue weighted by Gasteiger charge is 2.03. The second-order valence-corrected chi connectivity index (χ2v) is 4.38. The Labute approximate surface area is 114 Å². The van der Waals surface area contributed by atoms with E-state index in [1.54, 1.807) is 13.2 Å². The Bertz CT molecular complexity index is 443. The highest BCUT2D eigenvalue weighted by molar-refractivity contribution is 5.92. The van der Waals surface area contributed by atoms with Gasteiger partial charge in [0.15, 0.2) is 0 Å². The smallest absolute Gasteiger partial charge is 0.244 e. The molecule has 1 aromatic carbocycles. The molecule has 0 fully saturated rings. The number of carbonyl (C=O) groups excluding carboxylic acids is 1. The minimum Gasteiger partial charge on any atom is -0.497 e. The molecule has 0 saturated heterocycles. The van der Waals surface area contributed by atoms with Gasteiger partial charge < -0.3 is 15.2 Å². The van der Waals surface area contributed by atoms with Crippen LogP contribution in [0.2, 0.25) is 0 Å². The number of amides is 1. The third kappa shape index (κ3) is 4.75. The first-order valence-corrected chi connectivity index (χ1v) is 6.30. The summed E-state index contributed by atoms with van der Waals surface area (Å²) in [7, 11) is 1.64. The first-order valence-electron chi connectivity index (χ1n) is 6.30. The summed E-state index contributed by atoms with van der Waals surface area (Å²) >= 11 is 0. The molecular formula is C15H21NO3. The number of rotatable bonds is 6. The third-order valence-electron chi connectivity index (χ3n) is 2.84. The molecule has 0 aliphatic rings. The molecular weight excluding hydrogens is 242 g/mol. The topological polar surface area (TPSA) is 58.6 Å². The van der Waals surface area contributed by atoms with E-state index in [4.69, 9.17) is 9.84 Å². The van der Waals surface area contributed by atoms with Gasteiger partial charge in [0.1, 0.15) is 5.75 Å². The summed E-state index contributed by atoms with van der Waals surface area (Å²) in [6.45, 7) is 4.54. The molecule has 4 nitrogen and oxygen atoms in total. The van der Waals surface area contributed by atoms with Gasteiger partial charge in [-0.25, -0.2) is 0 Å². The van der Waals surface area contributed by atoms with Crippen LogP contribution in [0.5, 0.6) is 5.75 Å². The third-order valence-corrected chi connectivity index (χ3v) is 2.84. The van der Waals surface area contributed by atoms with Crippen molar-refractivity contribution in [2.75, 3.05) is 20.3 Å². The first kappa shape index (κ1) is 15.2. The fourth-order valence-corrected chi connectivity index (χ4v) is 1.82. The number of methoxy groups -OCH3 is 1. The SMILES string of the molecule is COc1cc(C)c(/C=C/C(=O)NCCCO)c(C)c1. The molecule has 0 aromatic heterocycles. The first-order chi connectivity index (χ1) is 9.08. The molecule has 0 heterocycles. The van der Waals surface area contributed by atoms with Crippen LogP contribution in [0.1, 0.15) is 23.1 Å². The number of hydrogen-bond donors (Lipinski definition) is 2. The van der Waals surface area contributed by atoms with Crippen molar-refractivity contribution in [3.05, 3.63) is 34.9 Å². The fourth-order valence-electron chi connectivity index (χ4n) is 1.82. The number of aliphatic hydroxyl groups excluding tert-OH is 1. The largest absolute Gasteiger partial charge is 0.497 e. The molecule has 1 aromatic rings. The van der Waals surface area contributed by atoms with Gasteiger partial charge in [0.2, 0.25) is 5.91 Å². The van der Waals surface area contributed by atoms with Crippen molar-refractivity contribution < 1.29 is 14.6 Å². The second-order valence-electron chi connectivity index (χ2n) is 4.38. The van der Waals surface area contributed by atoms with E-state index in [1.807, 2.05) is 26.0 Å². The molecule has 0 spiro atoms. The Balaban J connectivity index is 2.73. The maximum absolute atomic E-state index is 11.5. The van der Waals surface area contributed by atoms with Crippen LogP contribution in [-0.2, 0) is 4.79 Å². The Hall–Kier alpha value is -1.81. The zero-order chi connectivity index (χ0) is 14.3. The lowest BCUT2D eigenvalue weighted by atomic mass is 10.0. The molecule has 104 valence electrons. The lowest BCUT2D eigenvalue weighted by Gasteiger charge is -2.08. The van der Waals surface area contributed by atoms with Gasteiger partial charge in [-0.3, -0.25) is 4.79 Å². The molecule has 0 saturated carbocycles. The summed E-state index contributed by atoms with van der Waals surface area (Å²) in [6.07, 6.45) is 3.89. The number of benzene rings is 1. The number of ether oxygens (including phenoxy) is 1. The van der Waals surface area contributed by atoms with E-state index >= 15 is 0 Å². The average molecular weight is 263 g/mol. The maximum Gasteiger partial charge on any atom is 0.244 e. The Kier molecular flexibility index (Phi) is 6.09. The van der Waals surface area contributed by atoms with Gasteiger partial charge in [0, 0.05) is 19.2 Å². The molecule has 0 bridgehead atoms. The minimum atomic E-state index is -0.150. The van der Waals surface area contributed by atoms with Gasteiger partial charge in [-0.05, 0) is 55.2 Å². The van der Waals surface area contributed by atoms with Crippen molar-refractivity contribution in [1.82, 2.24) is 5.32 Å². The fraction of sp³-hybridized carbons (Fsp3) is 0.400. The number of carbonyl (C=O) groups is 1. The normalized spacial score (nSPS) is 10.7. The van der Waals surface area contributed by atoms with Crippen LogP contribution in [0.25, 0.3) is 6.08 Å². The summed E-state index contributed by atoms with van der Waals surface area (Å²) in [6, 6.07) is 3.88. The minimum absolute atomic E-state index is 0.0840. The van der Waals surface area contributed by atoms with E-state index in [0.29, 0.717) is 13.0 Å². The average Bonchev–Trinajstić information content (AvgIpc) is 2.37. The molecule has 0 aliphatic heterocycles. The molecule has 0 radical (unpaired) electrons. The number of hydrogen-bond acceptors (Lipinski definition) is 3. The van der Waals surface area contributed by atoms with Crippen molar-refractivity contribution in [3.8, 4) is 5.75 Å². The van der Waals surface area contributed by atoms with Crippen molar-refractivity contribution in [2.45, 2.75) is 20.3 Å². The molecule has 0 atom stereocenters. The number of aryl methyl sites for hydroxylation is 2. The van der Waals surface area contributed by atoms with E-state index < -0.39 is 0 Å². The standard InChI is InChI=1S/C15H21NO3/c1-11-9-13(19-3)10-12(2)14(11)5-6-15(18)16-7-4-8-17/h5-6,9-10,17H,4,7-8H2,1-3H3,(H,16,18)/b6-5+. The zero-order valence-electron chi connectivity index (χ0n) is 11.7. The molecule has 19 heavy (non-hydrogen) atoms. The maximum atomic E-state index is 11.5. The Morgan fingerprint density at radius 3 is 2.53 bits per heavy atom. The van der Waals surface area contributed by atoms with Crippen LogP contribution in [0.15, 0.2) is 18.2 Å². The summed E-state index contributed by atoms with van der Waals surface area (Å²) < 4.78 is 5.19. The quantitative estimate of drug-likeness (QED) is 0.608. The van der Waals surface area contributed by atoms with Crippen molar-refractivity contribution >= 4 is 12.0 Å². The van der Waals surface area contributed by atoms with Gasteiger partial charge in [0.25, 0.3) is 0 Å². The van der Waals surface area contributed by atoms with Crippen molar-refractivity contribution in [2.24, 2.45) is 0 Å². The molecule has 2 N–H and O–H groups in total. The molecule has 0 aliphatic carbocycles. The lowest BCUT2D eigenvalue weighted by Crippen LogP contribution is -2.22. The van der Waals surface area contributed by atoms with Gasteiger partial charge in [-0.1, -0.05) is 0 Å². The van der Waals surface area contributed by atoms with Crippen molar-refractivity contribution in [1.29, 1.82) is 0 Å². The van der Waals surface area contributed by atoms with Gasteiger partial charge in [-0.2, -0.15) is 0 Å². The predicted octanol–water partition coefficient (Wildman–Crippen LogP) is 1.82. The summed E-state index contributed by atoms with van der Waals surface area (Å²) in [4.78, 5) is 11.5. The molecule has 1 amide bonds. The van der Waals surface area contributed by atoms with Crippen LogP contribution in [0.4, 0.5) is 0 Å². The van der Waals surface area contributed by atoms with E-state index in [-0.39, 0.29) is 12.5 Å². The highest BCUT2D eigenvalue weighted by Crippen LogP contribution is 2.22. The molecule has 0 unspecified atom stereocenters. The molecule has 4 heteroatoms. The van der Waals surface area contributed by atoms with E-state index in [1.165, 1.54) is 6.08 Å². The summed E-state index contributed by atoms with van der Waals surface area (Å²) in [5.41, 5.74) is 3.16. The lowest BCUT2D eigenvalue weighted by molar-refractivity contribution is -0.116. The Morgan fingerprint density at radius 1 is 1.37 bits per heavy atom. The summed E-state index contributed by atoms with van der Waals surface area (Å²) in [5, 5.41) is 11.3. The number of nitrogens with one attached hydrogen (secondary N) is 1. The summed E-state index contributed by atoms with van der Waals surface area (Å²) in [5.74, 6) is 0.669.